The molecule has 0 atom stereocenters. The predicted molar refractivity (Wildman–Crippen MR) is 90.3 cm³/mol. The van der Waals surface area contributed by atoms with Crippen LogP contribution in [0.3, 0.4) is 0 Å². The number of nitrogens with one attached hydrogen (secondary N) is 1. The Balaban J connectivity index is 1.89. The van der Waals surface area contributed by atoms with Crippen LogP contribution in [0.15, 0.2) is 40.9 Å². The third-order valence-electron chi connectivity index (χ3n) is 3.25. The van der Waals surface area contributed by atoms with Gasteiger partial charge in [0.1, 0.15) is 18.1 Å². The summed E-state index contributed by atoms with van der Waals surface area (Å²) in [7, 11) is 1.53. The second-order valence-corrected chi connectivity index (χ2v) is 5.28. The molecule has 0 fully saturated rings. The number of carbonyl (C=O) groups is 2. The first kappa shape index (κ1) is 18.5. The number of amides is 2. The van der Waals surface area contributed by atoms with Crippen molar-refractivity contribution in [3.05, 3.63) is 42.2 Å². The van der Waals surface area contributed by atoms with Gasteiger partial charge in [0.25, 0.3) is 5.91 Å². The summed E-state index contributed by atoms with van der Waals surface area (Å²) in [6.07, 6.45) is 0. The summed E-state index contributed by atoms with van der Waals surface area (Å²) in [5, 5.41) is 6.27. The van der Waals surface area contributed by atoms with Crippen LogP contribution in [0.5, 0.6) is 5.75 Å². The van der Waals surface area contributed by atoms with E-state index in [2.05, 4.69) is 10.5 Å². The number of carbonyl (C=O) groups excluding carboxylic acids is 2. The summed E-state index contributed by atoms with van der Waals surface area (Å²) in [6.45, 7) is 2.01. The first-order chi connectivity index (χ1) is 12.1. The maximum absolute atomic E-state index is 12.3. The van der Waals surface area contributed by atoms with E-state index in [1.54, 1.807) is 25.1 Å². The van der Waals surface area contributed by atoms with E-state index in [0.29, 0.717) is 23.9 Å². The normalized spacial score (nSPS) is 10.3. The van der Waals surface area contributed by atoms with Gasteiger partial charge in [-0.3, -0.25) is 9.59 Å². The van der Waals surface area contributed by atoms with Gasteiger partial charge >= 0.3 is 0 Å². The summed E-state index contributed by atoms with van der Waals surface area (Å²) in [5.41, 5.74) is 0. The molecule has 1 aromatic carbocycles. The van der Waals surface area contributed by atoms with E-state index >= 15 is 0 Å². The van der Waals surface area contributed by atoms with Crippen molar-refractivity contribution in [1.82, 2.24) is 10.1 Å². The number of hydrogen-bond donors (Lipinski definition) is 1. The van der Waals surface area contributed by atoms with Gasteiger partial charge < -0.3 is 24.2 Å². The van der Waals surface area contributed by atoms with Crippen LogP contribution in [0.1, 0.15) is 5.76 Å². The lowest BCUT2D eigenvalue weighted by atomic mass is 10.3. The van der Waals surface area contributed by atoms with E-state index in [1.807, 2.05) is 18.2 Å². The zero-order chi connectivity index (χ0) is 18.1. The van der Waals surface area contributed by atoms with Gasteiger partial charge in [0, 0.05) is 19.7 Å². The number of rotatable bonds is 9. The lowest BCUT2D eigenvalue weighted by molar-refractivity contribution is -0.137. The van der Waals surface area contributed by atoms with Gasteiger partial charge in [-0.25, -0.2) is 0 Å². The average molecular weight is 347 g/mol. The average Bonchev–Trinajstić information content (AvgIpc) is 3.02. The standard InChI is InChI=1S/C17H21N3O5/c1-13-10-15(19-25-13)18-16(21)11-20(8-9-23-2)17(22)12-24-14-6-4-3-5-7-14/h3-7,10H,8-9,11-12H2,1-2H3,(H,18,19,21). The van der Waals surface area contributed by atoms with Gasteiger partial charge in [0.15, 0.2) is 12.4 Å². The van der Waals surface area contributed by atoms with Crippen molar-refractivity contribution in [2.45, 2.75) is 6.92 Å². The van der Waals surface area contributed by atoms with Crippen molar-refractivity contribution < 1.29 is 23.6 Å². The Morgan fingerprint density at radius 2 is 2.04 bits per heavy atom. The summed E-state index contributed by atoms with van der Waals surface area (Å²) in [4.78, 5) is 25.8. The number of nitrogens with zero attached hydrogens (tertiary/aromatic N) is 2. The molecule has 1 heterocycles. The summed E-state index contributed by atoms with van der Waals surface area (Å²) < 4.78 is 15.3. The Labute approximate surface area is 145 Å². The van der Waals surface area contributed by atoms with Crippen molar-refractivity contribution in [3.8, 4) is 5.75 Å². The van der Waals surface area contributed by atoms with E-state index in [1.165, 1.54) is 12.0 Å². The maximum Gasteiger partial charge on any atom is 0.261 e. The Morgan fingerprint density at radius 1 is 1.28 bits per heavy atom. The molecule has 0 aliphatic rings. The predicted octanol–water partition coefficient (Wildman–Crippen LogP) is 1.48. The minimum atomic E-state index is -0.377. The number of aromatic nitrogens is 1. The molecule has 0 aliphatic heterocycles. The molecule has 0 saturated heterocycles. The molecule has 1 N–H and O–H groups in total. The smallest absolute Gasteiger partial charge is 0.261 e. The number of benzene rings is 1. The number of anilines is 1. The highest BCUT2D eigenvalue weighted by Crippen LogP contribution is 2.09. The Bertz CT molecular complexity index is 687. The van der Waals surface area contributed by atoms with Crippen molar-refractivity contribution >= 4 is 17.6 Å². The van der Waals surface area contributed by atoms with Gasteiger partial charge in [-0.15, -0.1) is 0 Å². The molecule has 0 unspecified atom stereocenters. The van der Waals surface area contributed by atoms with Crippen molar-refractivity contribution in [3.63, 3.8) is 0 Å². The number of aryl methyl sites for hydroxylation is 1. The lowest BCUT2D eigenvalue weighted by Gasteiger charge is -2.21. The largest absolute Gasteiger partial charge is 0.484 e. The maximum atomic E-state index is 12.3. The number of hydrogen-bond acceptors (Lipinski definition) is 6. The second kappa shape index (κ2) is 9.43. The third-order valence-corrected chi connectivity index (χ3v) is 3.25. The molecule has 8 heteroatoms. The fraction of sp³-hybridized carbons (Fsp3) is 0.353. The highest BCUT2D eigenvalue weighted by Gasteiger charge is 2.18. The molecular formula is C17H21N3O5. The molecule has 2 amide bonds. The van der Waals surface area contributed by atoms with Crippen LogP contribution in [-0.4, -0.2) is 55.3 Å². The third kappa shape index (κ3) is 6.27. The van der Waals surface area contributed by atoms with E-state index in [0.717, 1.165) is 0 Å². The van der Waals surface area contributed by atoms with Gasteiger partial charge in [0.2, 0.25) is 5.91 Å². The topological polar surface area (TPSA) is 93.9 Å². The van der Waals surface area contributed by atoms with Crippen LogP contribution in [0.2, 0.25) is 0 Å². The molecule has 0 bridgehead atoms. The Kier molecular flexibility index (Phi) is 6.97. The van der Waals surface area contributed by atoms with Crippen LogP contribution < -0.4 is 10.1 Å². The quantitative estimate of drug-likeness (QED) is 0.738. The van der Waals surface area contributed by atoms with Crippen molar-refractivity contribution in [2.75, 3.05) is 38.7 Å². The minimum Gasteiger partial charge on any atom is -0.484 e. The zero-order valence-electron chi connectivity index (χ0n) is 14.2. The van der Waals surface area contributed by atoms with Crippen LogP contribution in [0.4, 0.5) is 5.82 Å². The highest BCUT2D eigenvalue weighted by molar-refractivity contribution is 5.94. The van der Waals surface area contributed by atoms with Gasteiger partial charge in [0.05, 0.1) is 6.61 Å². The fourth-order valence-electron chi connectivity index (χ4n) is 2.03. The van der Waals surface area contributed by atoms with Gasteiger partial charge in [-0.2, -0.15) is 0 Å². The molecule has 2 aromatic rings. The monoisotopic (exact) mass is 347 g/mol. The zero-order valence-corrected chi connectivity index (χ0v) is 14.2. The number of para-hydroxylation sites is 1. The SMILES string of the molecule is COCCN(CC(=O)Nc1cc(C)on1)C(=O)COc1ccccc1. The van der Waals surface area contributed by atoms with E-state index in [9.17, 15) is 9.59 Å². The molecular weight excluding hydrogens is 326 g/mol. The second-order valence-electron chi connectivity index (χ2n) is 5.28. The molecule has 0 radical (unpaired) electrons. The minimum absolute atomic E-state index is 0.133. The molecule has 1 aromatic heterocycles. The lowest BCUT2D eigenvalue weighted by Crippen LogP contribution is -2.42. The van der Waals surface area contributed by atoms with E-state index in [4.69, 9.17) is 14.0 Å². The van der Waals surface area contributed by atoms with Gasteiger partial charge in [-0.05, 0) is 19.1 Å². The van der Waals surface area contributed by atoms with E-state index < -0.39 is 0 Å². The first-order valence-corrected chi connectivity index (χ1v) is 7.76. The van der Waals surface area contributed by atoms with Crippen LogP contribution >= 0.6 is 0 Å². The fourth-order valence-corrected chi connectivity index (χ4v) is 2.03. The van der Waals surface area contributed by atoms with Crippen LogP contribution in [0, 0.1) is 6.92 Å². The van der Waals surface area contributed by atoms with Crippen LogP contribution in [-0.2, 0) is 14.3 Å². The molecule has 0 aliphatic carbocycles. The molecule has 134 valence electrons. The molecule has 0 saturated carbocycles. The van der Waals surface area contributed by atoms with Crippen molar-refractivity contribution in [2.24, 2.45) is 0 Å². The number of ether oxygens (including phenoxy) is 2. The first-order valence-electron chi connectivity index (χ1n) is 7.76. The molecule has 0 spiro atoms. The molecule has 25 heavy (non-hydrogen) atoms. The Morgan fingerprint density at radius 3 is 2.68 bits per heavy atom. The summed E-state index contributed by atoms with van der Waals surface area (Å²) >= 11 is 0. The highest BCUT2D eigenvalue weighted by atomic mass is 16.5. The summed E-state index contributed by atoms with van der Waals surface area (Å²) in [6, 6.07) is 10.6. The van der Waals surface area contributed by atoms with Crippen molar-refractivity contribution in [1.29, 1.82) is 0 Å². The van der Waals surface area contributed by atoms with Crippen LogP contribution in [0.25, 0.3) is 0 Å². The van der Waals surface area contributed by atoms with Gasteiger partial charge in [-0.1, -0.05) is 23.4 Å². The van der Waals surface area contributed by atoms with E-state index in [-0.39, 0.29) is 31.5 Å². The molecule has 2 rings (SSSR count). The Hall–Kier alpha value is -2.87. The number of methoxy groups -OCH3 is 1. The summed E-state index contributed by atoms with van der Waals surface area (Å²) in [5.74, 6) is 0.788. The molecule has 8 nitrogen and oxygen atoms in total.